The predicted molar refractivity (Wildman–Crippen MR) is 106 cm³/mol. The third-order valence-corrected chi connectivity index (χ3v) is 3.58. The van der Waals surface area contributed by atoms with Crippen LogP contribution in [0.2, 0.25) is 0 Å². The normalized spacial score (nSPS) is 11.9. The average Bonchev–Trinajstić information content (AvgIpc) is 3.10. The first-order valence-electron chi connectivity index (χ1n) is 9.15. The third kappa shape index (κ3) is 7.52. The molecule has 0 amide bonds. The smallest absolute Gasteiger partial charge is 0.325 e. The maximum atomic E-state index is 11.9. The molecule has 0 unspecified atom stereocenters. The van der Waals surface area contributed by atoms with Crippen LogP contribution in [0.25, 0.3) is 0 Å². The molecule has 7 nitrogen and oxygen atoms in total. The maximum absolute atomic E-state index is 11.9. The van der Waals surface area contributed by atoms with Gasteiger partial charge in [0, 0.05) is 18.9 Å². The van der Waals surface area contributed by atoms with Crippen LogP contribution in [0.5, 0.6) is 0 Å². The molecular weight excluding hydrogens is 342 g/mol. The topological polar surface area (TPSA) is 80.5 Å². The van der Waals surface area contributed by atoms with Crippen LogP contribution in [0.4, 0.5) is 0 Å². The second-order valence-corrected chi connectivity index (χ2v) is 7.11. The zero-order valence-electron chi connectivity index (χ0n) is 16.5. The second kappa shape index (κ2) is 9.75. The molecule has 1 heterocycles. The molecule has 0 atom stereocenters. The van der Waals surface area contributed by atoms with Gasteiger partial charge in [0.2, 0.25) is 0 Å². The lowest BCUT2D eigenvalue weighted by atomic mass is 10.1. The molecule has 0 fully saturated rings. The Kier molecular flexibility index (Phi) is 7.40. The van der Waals surface area contributed by atoms with Crippen LogP contribution >= 0.6 is 0 Å². The second-order valence-electron chi connectivity index (χ2n) is 7.11. The molecule has 0 spiro atoms. The summed E-state index contributed by atoms with van der Waals surface area (Å²) in [6.45, 7) is 9.49. The molecule has 146 valence electrons. The maximum Gasteiger partial charge on any atom is 0.325 e. The van der Waals surface area contributed by atoms with Crippen LogP contribution < -0.4 is 10.6 Å². The Hall–Kier alpha value is -2.83. The fourth-order valence-electron chi connectivity index (χ4n) is 2.47. The lowest BCUT2D eigenvalue weighted by molar-refractivity contribution is -0.153. The Labute approximate surface area is 160 Å². The zero-order valence-corrected chi connectivity index (χ0v) is 16.5. The number of aromatic nitrogens is 2. The first kappa shape index (κ1) is 20.5. The number of hydrogen-bond donors (Lipinski definition) is 2. The van der Waals surface area contributed by atoms with Crippen LogP contribution in [-0.4, -0.2) is 40.4 Å². The minimum atomic E-state index is -0.500. The quantitative estimate of drug-likeness (QED) is 0.444. The van der Waals surface area contributed by atoms with Crippen LogP contribution in [0.1, 0.15) is 38.8 Å². The molecule has 0 aliphatic carbocycles. The summed E-state index contributed by atoms with van der Waals surface area (Å²) in [5, 5.41) is 10.4. The van der Waals surface area contributed by atoms with Gasteiger partial charge >= 0.3 is 5.97 Å². The van der Waals surface area contributed by atoms with E-state index in [2.05, 4.69) is 32.9 Å². The Bertz CT molecular complexity index is 748. The molecule has 0 aliphatic heterocycles. The molecule has 0 radical (unpaired) electrons. The highest BCUT2D eigenvalue weighted by Gasteiger charge is 2.16. The van der Waals surface area contributed by atoms with Crippen molar-refractivity contribution in [3.63, 3.8) is 0 Å². The van der Waals surface area contributed by atoms with Crippen molar-refractivity contribution in [3.05, 3.63) is 53.9 Å². The summed E-state index contributed by atoms with van der Waals surface area (Å²) in [5.41, 5.74) is 1.77. The number of carbonyl (C=O) groups excluding carboxylic acids is 1. The van der Waals surface area contributed by atoms with Crippen molar-refractivity contribution in [2.24, 2.45) is 4.99 Å². The Morgan fingerprint density at radius 3 is 2.56 bits per heavy atom. The van der Waals surface area contributed by atoms with E-state index in [4.69, 9.17) is 4.74 Å². The number of ether oxygens (including phenoxy) is 1. The van der Waals surface area contributed by atoms with E-state index in [9.17, 15) is 4.79 Å². The van der Waals surface area contributed by atoms with Gasteiger partial charge in [-0.3, -0.25) is 9.48 Å². The van der Waals surface area contributed by atoms with Gasteiger partial charge in [-0.15, -0.1) is 0 Å². The molecule has 2 rings (SSSR count). The van der Waals surface area contributed by atoms with E-state index >= 15 is 0 Å². The number of benzene rings is 1. The first-order chi connectivity index (χ1) is 12.9. The number of aliphatic imine (C=N–C) groups is 1. The minimum Gasteiger partial charge on any atom is -0.459 e. The number of esters is 1. The van der Waals surface area contributed by atoms with Crippen LogP contribution in [-0.2, 0) is 22.6 Å². The number of rotatable bonds is 7. The van der Waals surface area contributed by atoms with E-state index in [0.717, 1.165) is 11.1 Å². The summed E-state index contributed by atoms with van der Waals surface area (Å²) in [5.74, 6) is 0.268. The van der Waals surface area contributed by atoms with Gasteiger partial charge in [-0.05, 0) is 44.9 Å². The number of carbonyl (C=O) groups is 1. The summed E-state index contributed by atoms with van der Waals surface area (Å²) in [7, 11) is 0. The Balaban J connectivity index is 2.01. The lowest BCUT2D eigenvalue weighted by Crippen LogP contribution is -2.41. The van der Waals surface area contributed by atoms with Crippen molar-refractivity contribution in [1.29, 1.82) is 0 Å². The van der Waals surface area contributed by atoms with Crippen molar-refractivity contribution >= 4 is 11.9 Å². The van der Waals surface area contributed by atoms with Gasteiger partial charge in [-0.25, -0.2) is 4.99 Å². The summed E-state index contributed by atoms with van der Waals surface area (Å²) < 4.78 is 7.20. The van der Waals surface area contributed by atoms with E-state index in [1.54, 1.807) is 6.20 Å². The molecule has 7 heteroatoms. The molecule has 0 aliphatic rings. The fraction of sp³-hybridized carbons (Fsp3) is 0.450. The van der Waals surface area contributed by atoms with E-state index in [-0.39, 0.29) is 12.5 Å². The van der Waals surface area contributed by atoms with Crippen molar-refractivity contribution in [2.75, 3.05) is 13.1 Å². The van der Waals surface area contributed by atoms with Gasteiger partial charge in [0.25, 0.3) is 0 Å². The highest BCUT2D eigenvalue weighted by molar-refractivity contribution is 5.84. The molecule has 0 saturated heterocycles. The Morgan fingerprint density at radius 2 is 1.93 bits per heavy atom. The molecule has 0 bridgehead atoms. The summed E-state index contributed by atoms with van der Waals surface area (Å²) in [6.07, 6.45) is 3.71. The van der Waals surface area contributed by atoms with Gasteiger partial charge in [0.05, 0.1) is 13.1 Å². The number of guanidine groups is 1. The van der Waals surface area contributed by atoms with E-state index in [1.165, 1.54) is 0 Å². The minimum absolute atomic E-state index is 0.0675. The molecule has 1 aromatic carbocycles. The van der Waals surface area contributed by atoms with Crippen LogP contribution in [0.3, 0.4) is 0 Å². The SMILES string of the molecule is CCNC(=NCc1ccccc1Cn1cccn1)NCC(=O)OC(C)(C)C. The molecule has 2 N–H and O–H groups in total. The van der Waals surface area contributed by atoms with Crippen molar-refractivity contribution in [2.45, 2.75) is 46.4 Å². The number of nitrogens with one attached hydrogen (secondary N) is 2. The van der Waals surface area contributed by atoms with Crippen LogP contribution in [0, 0.1) is 0 Å². The monoisotopic (exact) mass is 371 g/mol. The largest absolute Gasteiger partial charge is 0.459 e. The highest BCUT2D eigenvalue weighted by atomic mass is 16.6. The van der Waals surface area contributed by atoms with E-state index in [0.29, 0.717) is 25.6 Å². The summed E-state index contributed by atoms with van der Waals surface area (Å²) in [4.78, 5) is 16.5. The van der Waals surface area contributed by atoms with Crippen LogP contribution in [0.15, 0.2) is 47.7 Å². The molecule has 0 saturated carbocycles. The van der Waals surface area contributed by atoms with E-state index < -0.39 is 5.60 Å². The van der Waals surface area contributed by atoms with Gasteiger partial charge in [0.15, 0.2) is 5.96 Å². The number of nitrogens with zero attached hydrogens (tertiary/aromatic N) is 3. The average molecular weight is 371 g/mol. The van der Waals surface area contributed by atoms with E-state index in [1.807, 2.05) is 56.8 Å². The number of hydrogen-bond acceptors (Lipinski definition) is 4. The van der Waals surface area contributed by atoms with Crippen molar-refractivity contribution in [1.82, 2.24) is 20.4 Å². The molecular formula is C20H29N5O2. The summed E-state index contributed by atoms with van der Waals surface area (Å²) >= 11 is 0. The highest BCUT2D eigenvalue weighted by Crippen LogP contribution is 2.11. The Morgan fingerprint density at radius 1 is 1.19 bits per heavy atom. The van der Waals surface area contributed by atoms with Gasteiger partial charge in [-0.2, -0.15) is 5.10 Å². The first-order valence-corrected chi connectivity index (χ1v) is 9.15. The third-order valence-electron chi connectivity index (χ3n) is 3.58. The van der Waals surface area contributed by atoms with Gasteiger partial charge in [0.1, 0.15) is 12.1 Å². The zero-order chi connectivity index (χ0) is 19.7. The predicted octanol–water partition coefficient (Wildman–Crippen LogP) is 2.33. The van der Waals surface area contributed by atoms with Gasteiger partial charge in [-0.1, -0.05) is 24.3 Å². The lowest BCUT2D eigenvalue weighted by Gasteiger charge is -2.20. The fourth-order valence-corrected chi connectivity index (χ4v) is 2.47. The van der Waals surface area contributed by atoms with Crippen molar-refractivity contribution < 1.29 is 9.53 Å². The van der Waals surface area contributed by atoms with Gasteiger partial charge < -0.3 is 15.4 Å². The molecule has 1 aromatic heterocycles. The molecule has 2 aromatic rings. The van der Waals surface area contributed by atoms with Crippen molar-refractivity contribution in [3.8, 4) is 0 Å². The summed E-state index contributed by atoms with van der Waals surface area (Å²) in [6, 6.07) is 10.1. The standard InChI is InChI=1S/C20H29N5O2/c1-5-21-19(23-14-18(26)27-20(2,3)4)22-13-16-9-6-7-10-17(16)15-25-12-8-11-24-25/h6-12H,5,13-15H2,1-4H3,(H2,21,22,23). The molecule has 27 heavy (non-hydrogen) atoms.